The fourth-order valence-electron chi connectivity index (χ4n) is 2.89. The number of nitrogens with zero attached hydrogens (tertiary/aromatic N) is 1. The third-order valence-electron chi connectivity index (χ3n) is 4.19. The zero-order valence-corrected chi connectivity index (χ0v) is 12.8. The lowest BCUT2D eigenvalue weighted by Crippen LogP contribution is -2.58. The van der Waals surface area contributed by atoms with Crippen LogP contribution in [0.2, 0.25) is 0 Å². The van der Waals surface area contributed by atoms with E-state index in [0.29, 0.717) is 24.0 Å². The molecule has 3 heteroatoms. The molecule has 1 aromatic heterocycles. The molecule has 0 aliphatic carbocycles. The van der Waals surface area contributed by atoms with Crippen molar-refractivity contribution in [2.75, 3.05) is 13.1 Å². The van der Waals surface area contributed by atoms with Crippen molar-refractivity contribution in [3.63, 3.8) is 0 Å². The van der Waals surface area contributed by atoms with Gasteiger partial charge in [0.1, 0.15) is 0 Å². The zero-order chi connectivity index (χ0) is 13.1. The van der Waals surface area contributed by atoms with Crippen molar-refractivity contribution in [2.45, 2.75) is 52.2 Å². The standard InChI is InChI=1S/C15H26N2S/c1-5-13-10-17(14(9-16-13)11(2)3)12(4)15-7-6-8-18-15/h6-8,11-14,16H,5,9-10H2,1-4H3. The minimum absolute atomic E-state index is 0.550. The maximum Gasteiger partial charge on any atom is 0.0417 e. The van der Waals surface area contributed by atoms with Crippen molar-refractivity contribution < 1.29 is 0 Å². The average Bonchev–Trinajstić information content (AvgIpc) is 2.90. The lowest BCUT2D eigenvalue weighted by Gasteiger charge is -2.45. The van der Waals surface area contributed by atoms with Gasteiger partial charge in [-0.3, -0.25) is 4.90 Å². The number of nitrogens with one attached hydrogen (secondary N) is 1. The van der Waals surface area contributed by atoms with Gasteiger partial charge < -0.3 is 5.32 Å². The maximum absolute atomic E-state index is 3.69. The van der Waals surface area contributed by atoms with Gasteiger partial charge in [0, 0.05) is 36.1 Å². The monoisotopic (exact) mass is 266 g/mol. The maximum atomic E-state index is 3.69. The molecule has 0 radical (unpaired) electrons. The number of piperazine rings is 1. The summed E-state index contributed by atoms with van der Waals surface area (Å²) in [6, 6.07) is 6.30. The van der Waals surface area contributed by atoms with Crippen molar-refractivity contribution in [1.82, 2.24) is 10.2 Å². The van der Waals surface area contributed by atoms with Gasteiger partial charge in [-0.05, 0) is 30.7 Å². The average molecular weight is 266 g/mol. The van der Waals surface area contributed by atoms with Crippen molar-refractivity contribution >= 4 is 11.3 Å². The summed E-state index contributed by atoms with van der Waals surface area (Å²) in [5, 5.41) is 5.88. The smallest absolute Gasteiger partial charge is 0.0417 e. The van der Waals surface area contributed by atoms with Crippen LogP contribution in [0.1, 0.15) is 45.0 Å². The van der Waals surface area contributed by atoms with E-state index in [1.165, 1.54) is 17.8 Å². The predicted octanol–water partition coefficient (Wildman–Crippen LogP) is 3.52. The van der Waals surface area contributed by atoms with E-state index in [-0.39, 0.29) is 0 Å². The van der Waals surface area contributed by atoms with Gasteiger partial charge >= 0.3 is 0 Å². The van der Waals surface area contributed by atoms with Crippen molar-refractivity contribution in [3.8, 4) is 0 Å². The Kier molecular flexibility index (Phi) is 4.82. The fraction of sp³-hybridized carbons (Fsp3) is 0.733. The topological polar surface area (TPSA) is 15.3 Å². The van der Waals surface area contributed by atoms with Gasteiger partial charge in [0.25, 0.3) is 0 Å². The molecule has 1 N–H and O–H groups in total. The van der Waals surface area contributed by atoms with Crippen LogP contribution in [0.25, 0.3) is 0 Å². The van der Waals surface area contributed by atoms with E-state index in [0.717, 1.165) is 6.54 Å². The number of hydrogen-bond donors (Lipinski definition) is 1. The van der Waals surface area contributed by atoms with Gasteiger partial charge in [0.05, 0.1) is 0 Å². The quantitative estimate of drug-likeness (QED) is 0.897. The molecule has 1 fully saturated rings. The molecule has 2 heterocycles. The highest BCUT2D eigenvalue weighted by Gasteiger charge is 2.32. The normalized spacial score (nSPS) is 27.6. The third kappa shape index (κ3) is 2.95. The van der Waals surface area contributed by atoms with Crippen molar-refractivity contribution in [2.24, 2.45) is 5.92 Å². The highest BCUT2D eigenvalue weighted by molar-refractivity contribution is 7.10. The van der Waals surface area contributed by atoms with Crippen LogP contribution >= 0.6 is 11.3 Å². The molecule has 2 rings (SSSR count). The molecule has 1 aliphatic heterocycles. The van der Waals surface area contributed by atoms with Gasteiger partial charge in [-0.2, -0.15) is 0 Å². The first-order chi connectivity index (χ1) is 8.63. The lowest BCUT2D eigenvalue weighted by atomic mass is 9.95. The molecular formula is C15H26N2S. The van der Waals surface area contributed by atoms with Crippen LogP contribution in [0.5, 0.6) is 0 Å². The van der Waals surface area contributed by atoms with Crippen LogP contribution in [0, 0.1) is 5.92 Å². The first-order valence-electron chi connectivity index (χ1n) is 7.16. The van der Waals surface area contributed by atoms with Gasteiger partial charge in [0.15, 0.2) is 0 Å². The summed E-state index contributed by atoms with van der Waals surface area (Å²) >= 11 is 1.89. The molecule has 3 atom stereocenters. The highest BCUT2D eigenvalue weighted by Crippen LogP contribution is 2.30. The SMILES string of the molecule is CCC1CN(C(C)c2cccs2)C(C(C)C)CN1. The molecule has 0 spiro atoms. The van der Waals surface area contributed by atoms with Gasteiger partial charge in [-0.1, -0.05) is 26.8 Å². The number of thiophene rings is 1. The van der Waals surface area contributed by atoms with Gasteiger partial charge in [0.2, 0.25) is 0 Å². The van der Waals surface area contributed by atoms with E-state index in [4.69, 9.17) is 0 Å². The Hall–Kier alpha value is -0.380. The second-order valence-electron chi connectivity index (χ2n) is 5.71. The van der Waals surface area contributed by atoms with Crippen LogP contribution < -0.4 is 5.32 Å². The molecule has 1 aromatic rings. The Morgan fingerprint density at radius 1 is 1.44 bits per heavy atom. The molecule has 18 heavy (non-hydrogen) atoms. The predicted molar refractivity (Wildman–Crippen MR) is 80.1 cm³/mol. The molecule has 0 saturated carbocycles. The fourth-order valence-corrected chi connectivity index (χ4v) is 3.69. The summed E-state index contributed by atoms with van der Waals surface area (Å²) in [5.74, 6) is 0.706. The minimum atomic E-state index is 0.550. The van der Waals surface area contributed by atoms with Crippen LogP contribution in [0.3, 0.4) is 0 Å². The van der Waals surface area contributed by atoms with Crippen LogP contribution in [-0.4, -0.2) is 30.1 Å². The van der Waals surface area contributed by atoms with Gasteiger partial charge in [-0.15, -0.1) is 11.3 Å². The molecule has 0 bridgehead atoms. The highest BCUT2D eigenvalue weighted by atomic mass is 32.1. The lowest BCUT2D eigenvalue weighted by molar-refractivity contribution is 0.0623. The molecular weight excluding hydrogens is 240 g/mol. The first kappa shape index (κ1) is 14.0. The molecule has 102 valence electrons. The summed E-state index contributed by atoms with van der Waals surface area (Å²) in [7, 11) is 0. The molecule has 0 amide bonds. The van der Waals surface area contributed by atoms with Crippen LogP contribution in [-0.2, 0) is 0 Å². The largest absolute Gasteiger partial charge is 0.311 e. The van der Waals surface area contributed by atoms with E-state index < -0.39 is 0 Å². The Balaban J connectivity index is 2.14. The Morgan fingerprint density at radius 3 is 2.78 bits per heavy atom. The summed E-state index contributed by atoms with van der Waals surface area (Å²) in [4.78, 5) is 4.21. The Labute approximate surface area is 115 Å². The molecule has 1 aliphatic rings. The van der Waals surface area contributed by atoms with E-state index in [1.807, 2.05) is 11.3 Å². The number of rotatable bonds is 4. The molecule has 0 aromatic carbocycles. The van der Waals surface area contributed by atoms with E-state index >= 15 is 0 Å². The van der Waals surface area contributed by atoms with Crippen LogP contribution in [0.15, 0.2) is 17.5 Å². The zero-order valence-electron chi connectivity index (χ0n) is 12.0. The number of hydrogen-bond acceptors (Lipinski definition) is 3. The van der Waals surface area contributed by atoms with E-state index in [1.54, 1.807) is 0 Å². The first-order valence-corrected chi connectivity index (χ1v) is 8.04. The summed E-state index contributed by atoms with van der Waals surface area (Å²) in [6.07, 6.45) is 1.22. The third-order valence-corrected chi connectivity index (χ3v) is 5.23. The van der Waals surface area contributed by atoms with E-state index in [9.17, 15) is 0 Å². The van der Waals surface area contributed by atoms with Crippen molar-refractivity contribution in [1.29, 1.82) is 0 Å². The minimum Gasteiger partial charge on any atom is -0.311 e. The van der Waals surface area contributed by atoms with Crippen LogP contribution in [0.4, 0.5) is 0 Å². The van der Waals surface area contributed by atoms with E-state index in [2.05, 4.69) is 55.4 Å². The summed E-state index contributed by atoms with van der Waals surface area (Å²) in [6.45, 7) is 11.6. The summed E-state index contributed by atoms with van der Waals surface area (Å²) in [5.41, 5.74) is 0. The second-order valence-corrected chi connectivity index (χ2v) is 6.69. The van der Waals surface area contributed by atoms with Gasteiger partial charge in [-0.25, -0.2) is 0 Å². The Morgan fingerprint density at radius 2 is 2.22 bits per heavy atom. The molecule has 1 saturated heterocycles. The summed E-state index contributed by atoms with van der Waals surface area (Å²) < 4.78 is 0. The molecule has 2 nitrogen and oxygen atoms in total. The Bertz CT molecular complexity index is 347. The molecule has 3 unspecified atom stereocenters. The second kappa shape index (κ2) is 6.18. The van der Waals surface area contributed by atoms with Crippen molar-refractivity contribution in [3.05, 3.63) is 22.4 Å².